The number of carbonyl (C=O) groups excluding carboxylic acids is 1. The van der Waals surface area contributed by atoms with Crippen LogP contribution in [-0.2, 0) is 10.8 Å². The topological polar surface area (TPSA) is 54.4 Å². The van der Waals surface area contributed by atoms with E-state index in [1.807, 2.05) is 6.07 Å². The molecule has 1 aliphatic carbocycles. The van der Waals surface area contributed by atoms with Crippen LogP contribution >= 0.6 is 11.8 Å². The highest BCUT2D eigenvalue weighted by atomic mass is 32.2. The van der Waals surface area contributed by atoms with Crippen molar-refractivity contribution < 1.29 is 14.7 Å². The summed E-state index contributed by atoms with van der Waals surface area (Å²) in [6, 6.07) is 12.8. The van der Waals surface area contributed by atoms with Gasteiger partial charge in [-0.2, -0.15) is 0 Å². The van der Waals surface area contributed by atoms with Gasteiger partial charge in [0.2, 0.25) is 0 Å². The van der Waals surface area contributed by atoms with Crippen molar-refractivity contribution in [3.63, 3.8) is 0 Å². The number of thioether (sulfide) groups is 1. The Morgan fingerprint density at radius 1 is 0.889 bits per heavy atom. The van der Waals surface area contributed by atoms with Gasteiger partial charge in [-0.05, 0) is 65.1 Å². The Labute approximate surface area is 165 Å². The molecule has 0 bridgehead atoms. The van der Waals surface area contributed by atoms with Crippen LogP contribution in [0.3, 0.4) is 0 Å². The van der Waals surface area contributed by atoms with Crippen molar-refractivity contribution >= 4 is 23.5 Å². The van der Waals surface area contributed by atoms with E-state index in [9.17, 15) is 9.59 Å². The number of aromatic carboxylic acids is 1. The van der Waals surface area contributed by atoms with Crippen molar-refractivity contribution in [1.82, 2.24) is 0 Å². The average molecular weight is 383 g/mol. The van der Waals surface area contributed by atoms with Gasteiger partial charge in [0.15, 0.2) is 5.78 Å². The van der Waals surface area contributed by atoms with Gasteiger partial charge >= 0.3 is 5.97 Å². The number of benzene rings is 2. The third-order valence-electron chi connectivity index (χ3n) is 5.65. The molecule has 0 amide bonds. The lowest BCUT2D eigenvalue weighted by Crippen LogP contribution is -2.34. The van der Waals surface area contributed by atoms with Crippen LogP contribution in [0.25, 0.3) is 0 Å². The molecule has 2 aromatic rings. The Balaban J connectivity index is 1.77. The van der Waals surface area contributed by atoms with Gasteiger partial charge in [0.25, 0.3) is 0 Å². The van der Waals surface area contributed by atoms with Gasteiger partial charge in [-0.25, -0.2) is 4.79 Å². The summed E-state index contributed by atoms with van der Waals surface area (Å²) in [5.74, 6) is -0.499. The Hall–Kier alpha value is -2.07. The lowest BCUT2D eigenvalue weighted by molar-refractivity contribution is 0.0696. The highest BCUT2D eigenvalue weighted by Gasteiger charge is 2.37. The summed E-state index contributed by atoms with van der Waals surface area (Å²) in [6.45, 7) is 9.07. The Morgan fingerprint density at radius 2 is 1.44 bits per heavy atom. The zero-order valence-electron chi connectivity index (χ0n) is 16.3. The van der Waals surface area contributed by atoms with Crippen LogP contribution in [0.15, 0.2) is 47.4 Å². The first-order chi connectivity index (χ1) is 12.6. The number of ketones is 1. The molecule has 0 spiro atoms. The smallest absolute Gasteiger partial charge is 0.335 e. The molecule has 0 aromatic heterocycles. The Bertz CT molecular complexity index is 879. The van der Waals surface area contributed by atoms with E-state index in [4.69, 9.17) is 5.11 Å². The van der Waals surface area contributed by atoms with Crippen LogP contribution in [-0.4, -0.2) is 22.6 Å². The zero-order chi connectivity index (χ0) is 19.8. The summed E-state index contributed by atoms with van der Waals surface area (Å²) in [4.78, 5) is 24.6. The van der Waals surface area contributed by atoms with Crippen LogP contribution in [0.2, 0.25) is 0 Å². The van der Waals surface area contributed by atoms with Crippen molar-refractivity contribution in [3.8, 4) is 0 Å². The molecule has 27 heavy (non-hydrogen) atoms. The van der Waals surface area contributed by atoms with E-state index in [1.54, 1.807) is 24.3 Å². The maximum absolute atomic E-state index is 12.7. The van der Waals surface area contributed by atoms with E-state index in [-0.39, 0.29) is 22.2 Å². The van der Waals surface area contributed by atoms with Gasteiger partial charge in [0.05, 0.1) is 11.3 Å². The standard InChI is InChI=1S/C23H26O3S/c1-22(2)11-12-23(3,4)19-13-16(7-10-18(19)22)20(24)14-27-17-8-5-15(6-9-17)21(25)26/h5-10,13H,11-12,14H2,1-4H3,(H,25,26). The van der Waals surface area contributed by atoms with E-state index in [2.05, 4.69) is 39.8 Å². The summed E-state index contributed by atoms with van der Waals surface area (Å²) in [7, 11) is 0. The maximum atomic E-state index is 12.7. The minimum absolute atomic E-state index is 0.0843. The molecule has 4 heteroatoms. The predicted octanol–water partition coefficient (Wildman–Crippen LogP) is 5.71. The highest BCUT2D eigenvalue weighted by Crippen LogP contribution is 2.46. The van der Waals surface area contributed by atoms with Gasteiger partial charge < -0.3 is 5.11 Å². The second-order valence-electron chi connectivity index (χ2n) is 8.57. The van der Waals surface area contributed by atoms with E-state index >= 15 is 0 Å². The molecule has 0 fully saturated rings. The van der Waals surface area contributed by atoms with Crippen molar-refractivity contribution in [3.05, 3.63) is 64.7 Å². The molecule has 1 N–H and O–H groups in total. The van der Waals surface area contributed by atoms with Crippen molar-refractivity contribution in [2.45, 2.75) is 56.3 Å². The van der Waals surface area contributed by atoms with E-state index < -0.39 is 5.97 Å². The zero-order valence-corrected chi connectivity index (χ0v) is 17.2. The fraction of sp³-hybridized carbons (Fsp3) is 0.391. The van der Waals surface area contributed by atoms with Crippen LogP contribution in [0.5, 0.6) is 0 Å². The largest absolute Gasteiger partial charge is 0.478 e. The summed E-state index contributed by atoms with van der Waals surface area (Å²) >= 11 is 1.44. The van der Waals surface area contributed by atoms with Gasteiger partial charge in [-0.3, -0.25) is 4.79 Å². The molecular weight excluding hydrogens is 356 g/mol. The molecule has 0 aliphatic heterocycles. The lowest BCUT2D eigenvalue weighted by Gasteiger charge is -2.42. The molecule has 0 heterocycles. The SMILES string of the molecule is CC1(C)CCC(C)(C)c2cc(C(=O)CSc3ccc(C(=O)O)cc3)ccc21. The molecule has 2 aromatic carbocycles. The quantitative estimate of drug-likeness (QED) is 0.532. The van der Waals surface area contributed by atoms with Crippen LogP contribution < -0.4 is 0 Å². The third-order valence-corrected chi connectivity index (χ3v) is 6.66. The minimum atomic E-state index is -0.942. The molecule has 142 valence electrons. The highest BCUT2D eigenvalue weighted by molar-refractivity contribution is 8.00. The van der Waals surface area contributed by atoms with Gasteiger partial charge in [0, 0.05) is 10.5 Å². The number of hydrogen-bond acceptors (Lipinski definition) is 3. The van der Waals surface area contributed by atoms with Crippen molar-refractivity contribution in [1.29, 1.82) is 0 Å². The molecule has 3 rings (SSSR count). The second kappa shape index (κ2) is 7.16. The number of hydrogen-bond donors (Lipinski definition) is 1. The molecular formula is C23H26O3S. The van der Waals surface area contributed by atoms with E-state index in [1.165, 1.54) is 22.9 Å². The Morgan fingerprint density at radius 3 is 2.04 bits per heavy atom. The third kappa shape index (κ3) is 4.11. The first-order valence-electron chi connectivity index (χ1n) is 9.24. The minimum Gasteiger partial charge on any atom is -0.478 e. The van der Waals surface area contributed by atoms with Gasteiger partial charge in [0.1, 0.15) is 0 Å². The van der Waals surface area contributed by atoms with E-state index in [0.717, 1.165) is 23.3 Å². The fourth-order valence-electron chi connectivity index (χ4n) is 3.69. The maximum Gasteiger partial charge on any atom is 0.335 e. The summed E-state index contributed by atoms with van der Waals surface area (Å²) < 4.78 is 0. The van der Waals surface area contributed by atoms with Gasteiger partial charge in [-0.1, -0.05) is 39.8 Å². The monoisotopic (exact) mass is 382 g/mol. The summed E-state index contributed by atoms with van der Waals surface area (Å²) in [5, 5.41) is 8.96. The molecule has 0 radical (unpaired) electrons. The first kappa shape index (κ1) is 19.7. The number of carbonyl (C=O) groups is 2. The number of fused-ring (bicyclic) bond motifs is 1. The fourth-order valence-corrected chi connectivity index (χ4v) is 4.48. The number of carboxylic acids is 1. The second-order valence-corrected chi connectivity index (χ2v) is 9.62. The van der Waals surface area contributed by atoms with Crippen LogP contribution in [0, 0.1) is 0 Å². The normalized spacial score (nSPS) is 17.2. The molecule has 0 saturated heterocycles. The molecule has 0 saturated carbocycles. The number of rotatable bonds is 5. The molecule has 0 atom stereocenters. The first-order valence-corrected chi connectivity index (χ1v) is 10.2. The summed E-state index contributed by atoms with van der Waals surface area (Å²) in [5.41, 5.74) is 3.89. The predicted molar refractivity (Wildman–Crippen MR) is 110 cm³/mol. The molecule has 0 unspecified atom stereocenters. The molecule has 1 aliphatic rings. The number of carboxylic acid groups (broad SMARTS) is 1. The number of Topliss-reactive ketones (excluding diaryl/α,β-unsaturated/α-hetero) is 1. The lowest BCUT2D eigenvalue weighted by atomic mass is 9.63. The van der Waals surface area contributed by atoms with Gasteiger partial charge in [-0.15, -0.1) is 11.8 Å². The average Bonchev–Trinajstić information content (AvgIpc) is 2.63. The Kier molecular flexibility index (Phi) is 5.22. The van der Waals surface area contributed by atoms with Crippen LogP contribution in [0.1, 0.15) is 72.4 Å². The van der Waals surface area contributed by atoms with Crippen molar-refractivity contribution in [2.24, 2.45) is 0 Å². The van der Waals surface area contributed by atoms with E-state index in [0.29, 0.717) is 5.75 Å². The molecule has 3 nitrogen and oxygen atoms in total. The summed E-state index contributed by atoms with van der Waals surface area (Å²) in [6.07, 6.45) is 2.28. The van der Waals surface area contributed by atoms with Crippen LogP contribution in [0.4, 0.5) is 0 Å². The van der Waals surface area contributed by atoms with Crippen molar-refractivity contribution in [2.75, 3.05) is 5.75 Å².